The van der Waals surface area contributed by atoms with Gasteiger partial charge in [0, 0.05) is 4.90 Å². The van der Waals surface area contributed by atoms with Crippen molar-refractivity contribution in [1.82, 2.24) is 0 Å². The zero-order valence-electron chi connectivity index (χ0n) is 9.27. The van der Waals surface area contributed by atoms with Crippen molar-refractivity contribution in [2.75, 3.05) is 5.75 Å². The molecule has 2 rings (SSSR count). The standard InChI is InChI=1S/C13H11ClOS2/c1-9-3-2-4-10(7-9)16-8-11(15)12-5-6-13(14)17-12/h2-7H,8H2,1H3. The second-order valence-electron chi connectivity index (χ2n) is 3.63. The number of hydrogen-bond donors (Lipinski definition) is 0. The molecule has 0 spiro atoms. The van der Waals surface area contributed by atoms with E-state index < -0.39 is 0 Å². The predicted octanol–water partition coefficient (Wildman–Crippen LogP) is 4.68. The summed E-state index contributed by atoms with van der Waals surface area (Å²) in [4.78, 5) is 13.7. The molecule has 4 heteroatoms. The van der Waals surface area contributed by atoms with Crippen LogP contribution in [0.4, 0.5) is 0 Å². The number of carbonyl (C=O) groups is 1. The lowest BCUT2D eigenvalue weighted by Gasteiger charge is -2.01. The highest BCUT2D eigenvalue weighted by molar-refractivity contribution is 8.00. The van der Waals surface area contributed by atoms with Crippen molar-refractivity contribution in [3.05, 3.63) is 51.2 Å². The largest absolute Gasteiger partial charge is 0.292 e. The van der Waals surface area contributed by atoms with Crippen molar-refractivity contribution < 1.29 is 4.79 Å². The molecule has 1 aromatic heterocycles. The third-order valence-electron chi connectivity index (χ3n) is 2.21. The Labute approximate surface area is 114 Å². The van der Waals surface area contributed by atoms with Crippen LogP contribution in [0.1, 0.15) is 15.2 Å². The Kier molecular flexibility index (Phi) is 4.26. The van der Waals surface area contributed by atoms with Gasteiger partial charge in [-0.05, 0) is 31.2 Å². The highest BCUT2D eigenvalue weighted by Crippen LogP contribution is 2.25. The van der Waals surface area contributed by atoms with Gasteiger partial charge in [0.25, 0.3) is 0 Å². The smallest absolute Gasteiger partial charge is 0.183 e. The van der Waals surface area contributed by atoms with Crippen LogP contribution in [0.5, 0.6) is 0 Å². The van der Waals surface area contributed by atoms with Crippen LogP contribution in [0.2, 0.25) is 4.34 Å². The van der Waals surface area contributed by atoms with E-state index in [2.05, 4.69) is 6.07 Å². The summed E-state index contributed by atoms with van der Waals surface area (Å²) in [5, 5.41) is 0. The van der Waals surface area contributed by atoms with Gasteiger partial charge in [-0.2, -0.15) is 0 Å². The van der Waals surface area contributed by atoms with Gasteiger partial charge in [0.05, 0.1) is 15.0 Å². The summed E-state index contributed by atoms with van der Waals surface area (Å²) in [6.45, 7) is 2.05. The molecule has 17 heavy (non-hydrogen) atoms. The maximum absolute atomic E-state index is 11.8. The van der Waals surface area contributed by atoms with Gasteiger partial charge in [-0.3, -0.25) is 4.79 Å². The molecule has 0 saturated carbocycles. The van der Waals surface area contributed by atoms with Crippen LogP contribution in [0, 0.1) is 6.92 Å². The second-order valence-corrected chi connectivity index (χ2v) is 6.40. The Morgan fingerprint density at radius 2 is 2.18 bits per heavy atom. The van der Waals surface area contributed by atoms with Gasteiger partial charge in [-0.1, -0.05) is 29.3 Å². The van der Waals surface area contributed by atoms with E-state index in [1.807, 2.05) is 25.1 Å². The first-order valence-electron chi connectivity index (χ1n) is 5.13. The molecule has 0 amide bonds. The molecule has 1 aromatic carbocycles. The Balaban J connectivity index is 1.97. The van der Waals surface area contributed by atoms with Crippen LogP contribution in [0.25, 0.3) is 0 Å². The SMILES string of the molecule is Cc1cccc(SCC(=O)c2ccc(Cl)s2)c1. The van der Waals surface area contributed by atoms with Crippen LogP contribution < -0.4 is 0 Å². The molecule has 0 aliphatic carbocycles. The number of ketones is 1. The number of halogens is 1. The van der Waals surface area contributed by atoms with Crippen molar-refractivity contribution >= 4 is 40.5 Å². The normalized spacial score (nSPS) is 10.5. The fraction of sp³-hybridized carbons (Fsp3) is 0.154. The summed E-state index contributed by atoms with van der Waals surface area (Å²) in [5.74, 6) is 0.591. The van der Waals surface area contributed by atoms with Gasteiger partial charge in [0.2, 0.25) is 0 Å². The molecule has 0 radical (unpaired) electrons. The van der Waals surface area contributed by atoms with Gasteiger partial charge in [-0.25, -0.2) is 0 Å². The molecular weight excluding hydrogens is 272 g/mol. The lowest BCUT2D eigenvalue weighted by Crippen LogP contribution is -1.98. The minimum absolute atomic E-state index is 0.133. The van der Waals surface area contributed by atoms with E-state index in [-0.39, 0.29) is 5.78 Å². The molecule has 0 N–H and O–H groups in total. The molecule has 88 valence electrons. The maximum Gasteiger partial charge on any atom is 0.183 e. The maximum atomic E-state index is 11.8. The summed E-state index contributed by atoms with van der Waals surface area (Å²) < 4.78 is 0.661. The summed E-state index contributed by atoms with van der Waals surface area (Å²) >= 11 is 8.70. The molecule has 0 atom stereocenters. The van der Waals surface area contributed by atoms with E-state index in [0.717, 1.165) is 9.77 Å². The lowest BCUT2D eigenvalue weighted by atomic mass is 10.2. The molecule has 1 heterocycles. The summed E-state index contributed by atoms with van der Waals surface area (Å²) in [6, 6.07) is 11.7. The molecule has 0 fully saturated rings. The highest BCUT2D eigenvalue weighted by atomic mass is 35.5. The van der Waals surface area contributed by atoms with Gasteiger partial charge >= 0.3 is 0 Å². The van der Waals surface area contributed by atoms with Crippen LogP contribution >= 0.6 is 34.7 Å². The van der Waals surface area contributed by atoms with Gasteiger partial charge in [0.1, 0.15) is 0 Å². The average molecular weight is 283 g/mol. The molecule has 1 nitrogen and oxygen atoms in total. The number of thioether (sulfide) groups is 1. The molecule has 0 aliphatic heterocycles. The third kappa shape index (κ3) is 3.60. The van der Waals surface area contributed by atoms with Crippen LogP contribution in [-0.4, -0.2) is 11.5 Å². The summed E-state index contributed by atoms with van der Waals surface area (Å²) in [7, 11) is 0. The van der Waals surface area contributed by atoms with E-state index >= 15 is 0 Å². The number of hydrogen-bond acceptors (Lipinski definition) is 3. The first-order valence-corrected chi connectivity index (χ1v) is 7.31. The quantitative estimate of drug-likeness (QED) is 0.598. The van der Waals surface area contributed by atoms with Crippen LogP contribution in [-0.2, 0) is 0 Å². The fourth-order valence-corrected chi connectivity index (χ4v) is 3.36. The van der Waals surface area contributed by atoms with E-state index in [1.165, 1.54) is 16.9 Å². The van der Waals surface area contributed by atoms with Crippen LogP contribution in [0.3, 0.4) is 0 Å². The highest BCUT2D eigenvalue weighted by Gasteiger charge is 2.09. The number of carbonyl (C=O) groups excluding carboxylic acids is 1. The number of aryl methyl sites for hydroxylation is 1. The van der Waals surface area contributed by atoms with Crippen LogP contribution in [0.15, 0.2) is 41.3 Å². The van der Waals surface area contributed by atoms with Crippen molar-refractivity contribution in [2.45, 2.75) is 11.8 Å². The minimum atomic E-state index is 0.133. The van der Waals surface area contributed by atoms with E-state index in [0.29, 0.717) is 10.1 Å². The first-order chi connectivity index (χ1) is 8.15. The summed E-state index contributed by atoms with van der Waals surface area (Å²) in [6.07, 6.45) is 0. The molecule has 0 bridgehead atoms. The number of Topliss-reactive ketones (excluding diaryl/α,β-unsaturated/α-hetero) is 1. The van der Waals surface area contributed by atoms with E-state index in [9.17, 15) is 4.79 Å². The lowest BCUT2D eigenvalue weighted by molar-refractivity contribution is 0.102. The monoisotopic (exact) mass is 282 g/mol. The van der Waals surface area contributed by atoms with Gasteiger partial charge < -0.3 is 0 Å². The average Bonchev–Trinajstić information content (AvgIpc) is 2.73. The molecule has 0 saturated heterocycles. The van der Waals surface area contributed by atoms with Gasteiger partial charge in [0.15, 0.2) is 5.78 Å². The molecule has 0 aliphatic rings. The predicted molar refractivity (Wildman–Crippen MR) is 75.6 cm³/mol. The van der Waals surface area contributed by atoms with Crippen molar-refractivity contribution in [3.8, 4) is 0 Å². The second kappa shape index (κ2) is 5.71. The topological polar surface area (TPSA) is 17.1 Å². The van der Waals surface area contributed by atoms with Gasteiger partial charge in [-0.15, -0.1) is 23.1 Å². The Morgan fingerprint density at radius 1 is 1.35 bits per heavy atom. The van der Waals surface area contributed by atoms with Crippen molar-refractivity contribution in [2.24, 2.45) is 0 Å². The summed E-state index contributed by atoms with van der Waals surface area (Å²) in [5.41, 5.74) is 1.21. The molecule has 0 unspecified atom stereocenters. The minimum Gasteiger partial charge on any atom is -0.292 e. The fourth-order valence-electron chi connectivity index (χ4n) is 1.39. The number of thiophene rings is 1. The molecule has 2 aromatic rings. The zero-order chi connectivity index (χ0) is 12.3. The van der Waals surface area contributed by atoms with E-state index in [4.69, 9.17) is 11.6 Å². The first kappa shape index (κ1) is 12.7. The Morgan fingerprint density at radius 3 is 2.82 bits per heavy atom. The number of benzene rings is 1. The van der Waals surface area contributed by atoms with Crippen molar-refractivity contribution in [3.63, 3.8) is 0 Å². The van der Waals surface area contributed by atoms with E-state index in [1.54, 1.807) is 23.9 Å². The Bertz CT molecular complexity index is 534. The molecular formula is C13H11ClOS2. The zero-order valence-corrected chi connectivity index (χ0v) is 11.7. The number of rotatable bonds is 4. The third-order valence-corrected chi connectivity index (χ3v) is 4.47. The van der Waals surface area contributed by atoms with Crippen molar-refractivity contribution in [1.29, 1.82) is 0 Å². The Hall–Kier alpha value is -0.770.